The fourth-order valence-electron chi connectivity index (χ4n) is 2.00. The zero-order valence-corrected chi connectivity index (χ0v) is 13.7. The number of nitriles is 1. The van der Waals surface area contributed by atoms with Gasteiger partial charge in [0.25, 0.3) is 0 Å². The molecule has 0 amide bonds. The third-order valence-electron chi connectivity index (χ3n) is 3.32. The SMILES string of the molecule is CN(CCCOc1ccccc1)S(=O)(=O)c1ccc(C#N)cc1. The molecular formula is C17H18N2O3S. The van der Waals surface area contributed by atoms with E-state index < -0.39 is 10.0 Å². The van der Waals surface area contributed by atoms with Gasteiger partial charge in [0.05, 0.1) is 23.1 Å². The monoisotopic (exact) mass is 330 g/mol. The molecule has 0 aliphatic carbocycles. The predicted octanol–water partition coefficient (Wildman–Crippen LogP) is 2.65. The number of rotatable bonds is 7. The van der Waals surface area contributed by atoms with Gasteiger partial charge in [0.15, 0.2) is 0 Å². The van der Waals surface area contributed by atoms with Crippen LogP contribution in [0.5, 0.6) is 5.75 Å². The number of hydrogen-bond donors (Lipinski definition) is 0. The topological polar surface area (TPSA) is 70.4 Å². The summed E-state index contributed by atoms with van der Waals surface area (Å²) >= 11 is 0. The van der Waals surface area contributed by atoms with Crippen LogP contribution >= 0.6 is 0 Å². The second kappa shape index (κ2) is 7.77. The Labute approximate surface area is 136 Å². The Morgan fingerprint density at radius 2 is 1.74 bits per heavy atom. The molecule has 0 aromatic heterocycles. The van der Waals surface area contributed by atoms with Gasteiger partial charge in [-0.3, -0.25) is 0 Å². The standard InChI is InChI=1S/C17H18N2O3S/c1-19(12-5-13-22-16-6-3-2-4-7-16)23(20,21)17-10-8-15(14-18)9-11-17/h2-4,6-11H,5,12-13H2,1H3. The maximum atomic E-state index is 12.4. The average Bonchev–Trinajstić information content (AvgIpc) is 2.59. The van der Waals surface area contributed by atoms with E-state index in [-0.39, 0.29) is 4.90 Å². The maximum Gasteiger partial charge on any atom is 0.242 e. The van der Waals surface area contributed by atoms with Crippen molar-refractivity contribution in [3.63, 3.8) is 0 Å². The Hall–Kier alpha value is -2.36. The van der Waals surface area contributed by atoms with Gasteiger partial charge in [0.2, 0.25) is 10.0 Å². The summed E-state index contributed by atoms with van der Waals surface area (Å²) in [6.45, 7) is 0.798. The van der Waals surface area contributed by atoms with Crippen molar-refractivity contribution in [3.8, 4) is 11.8 Å². The number of ether oxygens (including phenoxy) is 1. The highest BCUT2D eigenvalue weighted by Gasteiger charge is 2.20. The lowest BCUT2D eigenvalue weighted by molar-refractivity contribution is 0.296. The third kappa shape index (κ3) is 4.55. The summed E-state index contributed by atoms with van der Waals surface area (Å²) in [7, 11) is -2.00. The smallest absolute Gasteiger partial charge is 0.242 e. The Balaban J connectivity index is 1.88. The first-order valence-corrected chi connectivity index (χ1v) is 8.62. The van der Waals surface area contributed by atoms with Gasteiger partial charge in [-0.25, -0.2) is 12.7 Å². The van der Waals surface area contributed by atoms with Crippen molar-refractivity contribution in [2.24, 2.45) is 0 Å². The Morgan fingerprint density at radius 3 is 2.35 bits per heavy atom. The highest BCUT2D eigenvalue weighted by molar-refractivity contribution is 7.89. The molecule has 0 saturated heterocycles. The molecule has 0 radical (unpaired) electrons. The molecule has 0 bridgehead atoms. The van der Waals surface area contributed by atoms with Crippen LogP contribution in [0.3, 0.4) is 0 Å². The predicted molar refractivity (Wildman–Crippen MR) is 87.5 cm³/mol. The third-order valence-corrected chi connectivity index (χ3v) is 5.19. The lowest BCUT2D eigenvalue weighted by Crippen LogP contribution is -2.28. The lowest BCUT2D eigenvalue weighted by Gasteiger charge is -2.17. The van der Waals surface area contributed by atoms with Crippen molar-refractivity contribution in [1.82, 2.24) is 4.31 Å². The number of para-hydroxylation sites is 1. The molecule has 0 N–H and O–H groups in total. The molecule has 0 aliphatic rings. The summed E-state index contributed by atoms with van der Waals surface area (Å²) in [6, 6.07) is 17.3. The molecule has 23 heavy (non-hydrogen) atoms. The molecule has 120 valence electrons. The van der Waals surface area contributed by atoms with E-state index in [1.54, 1.807) is 0 Å². The van der Waals surface area contributed by atoms with E-state index in [4.69, 9.17) is 10.00 Å². The minimum absolute atomic E-state index is 0.183. The molecule has 0 saturated carbocycles. The van der Waals surface area contributed by atoms with Crippen molar-refractivity contribution in [3.05, 3.63) is 60.2 Å². The molecule has 0 aliphatic heterocycles. The minimum atomic E-state index is -3.54. The molecule has 2 rings (SSSR count). The van der Waals surface area contributed by atoms with Crippen LogP contribution in [0.15, 0.2) is 59.5 Å². The molecular weight excluding hydrogens is 312 g/mol. The van der Waals surface area contributed by atoms with Crippen molar-refractivity contribution in [1.29, 1.82) is 5.26 Å². The maximum absolute atomic E-state index is 12.4. The second-order valence-electron chi connectivity index (χ2n) is 4.98. The number of hydrogen-bond acceptors (Lipinski definition) is 4. The van der Waals surface area contributed by atoms with Crippen LogP contribution in [0.1, 0.15) is 12.0 Å². The summed E-state index contributed by atoms with van der Waals surface area (Å²) in [6.07, 6.45) is 0.584. The average molecular weight is 330 g/mol. The molecule has 0 fully saturated rings. The first-order valence-electron chi connectivity index (χ1n) is 7.18. The Morgan fingerprint density at radius 1 is 1.09 bits per heavy atom. The summed E-state index contributed by atoms with van der Waals surface area (Å²) in [5.74, 6) is 0.769. The van der Waals surface area contributed by atoms with Crippen LogP contribution in [0.25, 0.3) is 0 Å². The van der Waals surface area contributed by atoms with E-state index in [2.05, 4.69) is 0 Å². The lowest BCUT2D eigenvalue weighted by atomic mass is 10.2. The van der Waals surface area contributed by atoms with Crippen LogP contribution in [-0.4, -0.2) is 32.9 Å². The Bertz CT molecular complexity index is 766. The normalized spacial score (nSPS) is 11.2. The van der Waals surface area contributed by atoms with Gasteiger partial charge < -0.3 is 4.74 Å². The van der Waals surface area contributed by atoms with Gasteiger partial charge in [-0.2, -0.15) is 5.26 Å². The van der Waals surface area contributed by atoms with E-state index in [1.165, 1.54) is 35.6 Å². The fourth-order valence-corrected chi connectivity index (χ4v) is 3.20. The quantitative estimate of drug-likeness (QED) is 0.732. The zero-order valence-electron chi connectivity index (χ0n) is 12.8. The molecule has 0 spiro atoms. The highest BCUT2D eigenvalue weighted by atomic mass is 32.2. The van der Waals surface area contributed by atoms with Gasteiger partial charge in [-0.15, -0.1) is 0 Å². The highest BCUT2D eigenvalue weighted by Crippen LogP contribution is 2.15. The minimum Gasteiger partial charge on any atom is -0.494 e. The van der Waals surface area contributed by atoms with Gasteiger partial charge >= 0.3 is 0 Å². The van der Waals surface area contributed by atoms with Crippen LogP contribution in [0, 0.1) is 11.3 Å². The molecule has 6 heteroatoms. The molecule has 0 heterocycles. The molecule has 2 aromatic carbocycles. The molecule has 0 atom stereocenters. The zero-order chi connectivity index (χ0) is 16.7. The van der Waals surface area contributed by atoms with E-state index >= 15 is 0 Å². The first kappa shape index (κ1) is 17.0. The first-order chi connectivity index (χ1) is 11.0. The second-order valence-corrected chi connectivity index (χ2v) is 7.02. The Kier molecular flexibility index (Phi) is 5.74. The van der Waals surface area contributed by atoms with E-state index in [0.717, 1.165) is 5.75 Å². The van der Waals surface area contributed by atoms with Gasteiger partial charge in [0.1, 0.15) is 5.75 Å². The molecule has 5 nitrogen and oxygen atoms in total. The van der Waals surface area contributed by atoms with Crippen molar-refractivity contribution in [2.45, 2.75) is 11.3 Å². The number of nitrogens with zero attached hydrogens (tertiary/aromatic N) is 2. The fraction of sp³-hybridized carbons (Fsp3) is 0.235. The molecule has 2 aromatic rings. The van der Waals surface area contributed by atoms with Gasteiger partial charge in [-0.1, -0.05) is 18.2 Å². The van der Waals surface area contributed by atoms with Crippen LogP contribution in [0.4, 0.5) is 0 Å². The van der Waals surface area contributed by atoms with Crippen molar-refractivity contribution in [2.75, 3.05) is 20.2 Å². The van der Waals surface area contributed by atoms with E-state index in [9.17, 15) is 8.42 Å². The largest absolute Gasteiger partial charge is 0.494 e. The summed E-state index contributed by atoms with van der Waals surface area (Å²) in [5.41, 5.74) is 0.433. The van der Waals surface area contributed by atoms with Crippen LogP contribution in [-0.2, 0) is 10.0 Å². The van der Waals surface area contributed by atoms with Gasteiger partial charge in [0, 0.05) is 13.6 Å². The summed E-state index contributed by atoms with van der Waals surface area (Å²) in [4.78, 5) is 0.183. The van der Waals surface area contributed by atoms with Crippen molar-refractivity contribution < 1.29 is 13.2 Å². The van der Waals surface area contributed by atoms with Crippen LogP contribution in [0.2, 0.25) is 0 Å². The van der Waals surface area contributed by atoms with E-state index in [1.807, 2.05) is 36.4 Å². The van der Waals surface area contributed by atoms with Crippen LogP contribution < -0.4 is 4.74 Å². The number of sulfonamides is 1. The van der Waals surface area contributed by atoms with Crippen molar-refractivity contribution >= 4 is 10.0 Å². The van der Waals surface area contributed by atoms with E-state index in [0.29, 0.717) is 25.1 Å². The summed E-state index contributed by atoms with van der Waals surface area (Å²) in [5, 5.41) is 8.75. The molecule has 0 unspecified atom stereocenters. The van der Waals surface area contributed by atoms with Gasteiger partial charge in [-0.05, 0) is 42.8 Å². The summed E-state index contributed by atoms with van der Waals surface area (Å²) < 4.78 is 31.6. The number of benzene rings is 2.